The SMILES string of the molecule is O=[C]C1CCCN1C(=O)[C@H](Cc1ccccc1)NC(=O)[C@H](Cc1ccccc1)N(NO)C(=O)CCCCCCC=O. The molecule has 1 fully saturated rings. The van der Waals surface area contributed by atoms with Crippen molar-refractivity contribution in [3.63, 3.8) is 0 Å². The number of amides is 3. The number of hydrogen-bond acceptors (Lipinski definition) is 7. The van der Waals surface area contributed by atoms with Crippen LogP contribution in [0.4, 0.5) is 0 Å². The first-order chi connectivity index (χ1) is 20.0. The maximum Gasteiger partial charge on any atom is 0.246 e. The molecule has 0 aromatic heterocycles. The van der Waals surface area contributed by atoms with Crippen LogP contribution < -0.4 is 10.9 Å². The number of benzene rings is 2. The van der Waals surface area contributed by atoms with Crippen molar-refractivity contribution in [3.05, 3.63) is 71.8 Å². The number of carbonyl (C=O) groups excluding carboxylic acids is 5. The third-order valence-corrected chi connectivity index (χ3v) is 7.29. The molecule has 1 saturated heterocycles. The van der Waals surface area contributed by atoms with Gasteiger partial charge in [-0.05, 0) is 36.8 Å². The fraction of sp³-hybridized carbons (Fsp3) is 0.452. The topological polar surface area (TPSA) is 136 Å². The van der Waals surface area contributed by atoms with E-state index in [9.17, 15) is 29.2 Å². The molecular formula is C31H39N4O6. The quantitative estimate of drug-likeness (QED) is 0.153. The predicted octanol–water partition coefficient (Wildman–Crippen LogP) is 2.69. The molecule has 2 aromatic carbocycles. The van der Waals surface area contributed by atoms with Gasteiger partial charge >= 0.3 is 0 Å². The second kappa shape index (κ2) is 17.0. The number of likely N-dealkylation sites (tertiary alicyclic amines) is 1. The second-order valence-corrected chi connectivity index (χ2v) is 10.2. The van der Waals surface area contributed by atoms with Gasteiger partial charge in [-0.2, -0.15) is 0 Å². The minimum absolute atomic E-state index is 0.0875. The molecule has 0 aliphatic carbocycles. The first kappa shape index (κ1) is 31.6. The fourth-order valence-electron chi connectivity index (χ4n) is 5.09. The third-order valence-electron chi connectivity index (χ3n) is 7.29. The molecule has 1 aliphatic heterocycles. The number of carbonyl (C=O) groups is 4. The molecule has 10 heteroatoms. The Morgan fingerprint density at radius 1 is 0.976 bits per heavy atom. The van der Waals surface area contributed by atoms with Gasteiger partial charge in [0.1, 0.15) is 18.4 Å². The van der Waals surface area contributed by atoms with E-state index >= 15 is 0 Å². The fourth-order valence-corrected chi connectivity index (χ4v) is 5.09. The lowest BCUT2D eigenvalue weighted by atomic mass is 10.0. The van der Waals surface area contributed by atoms with Crippen LogP contribution in [0.1, 0.15) is 62.5 Å². The summed E-state index contributed by atoms with van der Waals surface area (Å²) in [4.78, 5) is 64.1. The van der Waals surface area contributed by atoms with E-state index in [1.54, 1.807) is 0 Å². The molecule has 1 unspecified atom stereocenters. The summed E-state index contributed by atoms with van der Waals surface area (Å²) in [5.74, 6) is -1.48. The molecule has 41 heavy (non-hydrogen) atoms. The van der Waals surface area contributed by atoms with Crippen LogP contribution in [0.2, 0.25) is 0 Å². The van der Waals surface area contributed by atoms with Crippen molar-refractivity contribution in [1.82, 2.24) is 20.8 Å². The molecule has 0 bridgehead atoms. The summed E-state index contributed by atoms with van der Waals surface area (Å²) in [5.41, 5.74) is 3.50. The van der Waals surface area contributed by atoms with E-state index in [1.807, 2.05) is 72.5 Å². The van der Waals surface area contributed by atoms with Crippen LogP contribution in [0, 0.1) is 0 Å². The van der Waals surface area contributed by atoms with Crippen LogP contribution in [0.25, 0.3) is 0 Å². The van der Waals surface area contributed by atoms with Crippen molar-refractivity contribution in [2.24, 2.45) is 0 Å². The Labute approximate surface area is 241 Å². The standard InChI is InChI=1S/C31H39N4O6/c36-20-11-3-1-2-10-18-29(38)35(33-41)28(22-25-15-8-5-9-16-25)30(39)32-27(21-24-13-6-4-7-14-24)31(40)34-19-12-17-26(34)23-37/h4-9,13-16,20,26-28,33,41H,1-3,10-12,17-19,21-22H2,(H,32,39)/t26?,27-,28-/m0/s1. The van der Waals surface area contributed by atoms with Crippen molar-refractivity contribution in [2.45, 2.75) is 82.3 Å². The maximum atomic E-state index is 13.8. The molecule has 3 rings (SSSR count). The van der Waals surface area contributed by atoms with Crippen molar-refractivity contribution < 1.29 is 29.2 Å². The van der Waals surface area contributed by atoms with Crippen LogP contribution in [-0.2, 0) is 36.8 Å². The first-order valence-corrected chi connectivity index (χ1v) is 14.2. The molecular weight excluding hydrogens is 524 g/mol. The Hall–Kier alpha value is -3.89. The molecule has 1 radical (unpaired) electrons. The van der Waals surface area contributed by atoms with Crippen LogP contribution in [-0.4, -0.2) is 70.1 Å². The Kier molecular flexibility index (Phi) is 13.1. The van der Waals surface area contributed by atoms with E-state index in [0.29, 0.717) is 32.2 Å². The monoisotopic (exact) mass is 563 g/mol. The third kappa shape index (κ3) is 9.61. The molecule has 1 heterocycles. The Morgan fingerprint density at radius 3 is 2.22 bits per heavy atom. The summed E-state index contributed by atoms with van der Waals surface area (Å²) in [5, 5.41) is 13.7. The van der Waals surface area contributed by atoms with Gasteiger partial charge in [-0.3, -0.25) is 24.4 Å². The molecule has 2 aromatic rings. The van der Waals surface area contributed by atoms with E-state index in [-0.39, 0.29) is 19.3 Å². The molecule has 1 aliphatic rings. The Balaban J connectivity index is 1.81. The number of hydrogen-bond donors (Lipinski definition) is 3. The highest BCUT2D eigenvalue weighted by molar-refractivity contribution is 5.93. The van der Waals surface area contributed by atoms with E-state index in [2.05, 4.69) is 5.32 Å². The lowest BCUT2D eigenvalue weighted by molar-refractivity contribution is -0.157. The average molecular weight is 564 g/mol. The van der Waals surface area contributed by atoms with Gasteiger partial charge in [-0.15, -0.1) is 5.59 Å². The zero-order valence-corrected chi connectivity index (χ0v) is 23.2. The van der Waals surface area contributed by atoms with E-state index in [1.165, 1.54) is 4.90 Å². The van der Waals surface area contributed by atoms with E-state index < -0.39 is 35.8 Å². The van der Waals surface area contributed by atoms with E-state index in [0.717, 1.165) is 41.7 Å². The summed E-state index contributed by atoms with van der Waals surface area (Å²) in [6.45, 7) is 0.392. The highest BCUT2D eigenvalue weighted by Crippen LogP contribution is 2.19. The van der Waals surface area contributed by atoms with Gasteiger partial charge in [-0.1, -0.05) is 73.5 Å². The number of hydrazine groups is 1. The highest BCUT2D eigenvalue weighted by atomic mass is 16.5. The maximum absolute atomic E-state index is 13.8. The summed E-state index contributed by atoms with van der Waals surface area (Å²) >= 11 is 0. The second-order valence-electron chi connectivity index (χ2n) is 10.2. The lowest BCUT2D eigenvalue weighted by Crippen LogP contribution is -2.59. The van der Waals surface area contributed by atoms with Gasteiger partial charge in [0, 0.05) is 32.2 Å². The molecule has 10 nitrogen and oxygen atoms in total. The largest absolute Gasteiger partial charge is 0.342 e. The lowest BCUT2D eigenvalue weighted by Gasteiger charge is -2.32. The smallest absolute Gasteiger partial charge is 0.246 e. The van der Waals surface area contributed by atoms with Gasteiger partial charge in [0.05, 0.1) is 6.04 Å². The van der Waals surface area contributed by atoms with Crippen molar-refractivity contribution in [2.75, 3.05) is 6.54 Å². The van der Waals surface area contributed by atoms with Gasteiger partial charge in [-0.25, -0.2) is 5.01 Å². The van der Waals surface area contributed by atoms with Crippen LogP contribution in [0.5, 0.6) is 0 Å². The molecule has 219 valence electrons. The molecule has 3 atom stereocenters. The van der Waals surface area contributed by atoms with Crippen molar-refractivity contribution in [3.8, 4) is 0 Å². The number of nitrogens with zero attached hydrogens (tertiary/aromatic N) is 2. The van der Waals surface area contributed by atoms with Crippen LogP contribution in [0.3, 0.4) is 0 Å². The normalized spacial score (nSPS) is 16.0. The van der Waals surface area contributed by atoms with Gasteiger partial charge in [0.25, 0.3) is 0 Å². The van der Waals surface area contributed by atoms with Gasteiger partial charge < -0.3 is 15.0 Å². The Morgan fingerprint density at radius 2 is 1.61 bits per heavy atom. The molecule has 0 spiro atoms. The average Bonchev–Trinajstić information content (AvgIpc) is 3.48. The summed E-state index contributed by atoms with van der Waals surface area (Å²) < 4.78 is 0. The van der Waals surface area contributed by atoms with Crippen LogP contribution >= 0.6 is 0 Å². The molecule has 3 N–H and O–H groups in total. The van der Waals surface area contributed by atoms with Crippen molar-refractivity contribution >= 4 is 30.3 Å². The zero-order valence-electron chi connectivity index (χ0n) is 23.2. The van der Waals surface area contributed by atoms with Gasteiger partial charge in [0.2, 0.25) is 24.0 Å². The van der Waals surface area contributed by atoms with Crippen molar-refractivity contribution in [1.29, 1.82) is 0 Å². The predicted molar refractivity (Wildman–Crippen MR) is 152 cm³/mol. The van der Waals surface area contributed by atoms with Crippen LogP contribution in [0.15, 0.2) is 60.7 Å². The zero-order chi connectivity index (χ0) is 29.5. The molecule has 0 saturated carbocycles. The highest BCUT2D eigenvalue weighted by Gasteiger charge is 2.37. The number of rotatable bonds is 17. The Bertz CT molecular complexity index is 1130. The summed E-state index contributed by atoms with van der Waals surface area (Å²) in [6, 6.07) is 15.5. The molecule has 3 amide bonds. The number of nitrogens with one attached hydrogen (secondary N) is 2. The number of aldehydes is 1. The minimum Gasteiger partial charge on any atom is -0.342 e. The van der Waals surface area contributed by atoms with Gasteiger partial charge in [0.15, 0.2) is 0 Å². The summed E-state index contributed by atoms with van der Waals surface area (Å²) in [7, 11) is 0. The number of unbranched alkanes of at least 4 members (excludes halogenated alkanes) is 4. The first-order valence-electron chi connectivity index (χ1n) is 14.2. The van der Waals surface area contributed by atoms with E-state index in [4.69, 9.17) is 0 Å². The summed E-state index contributed by atoms with van der Waals surface area (Å²) in [6.07, 6.45) is 7.62. The minimum atomic E-state index is -1.16.